The summed E-state index contributed by atoms with van der Waals surface area (Å²) >= 11 is 0. The van der Waals surface area contributed by atoms with Crippen molar-refractivity contribution in [2.24, 2.45) is 0 Å². The number of likely N-dealkylation sites (tertiary alicyclic amines) is 1. The number of nitro groups is 1. The van der Waals surface area contributed by atoms with E-state index in [0.717, 1.165) is 0 Å². The van der Waals surface area contributed by atoms with E-state index in [-0.39, 0.29) is 17.6 Å². The summed E-state index contributed by atoms with van der Waals surface area (Å²) in [5.41, 5.74) is 0.424. The molecule has 0 aliphatic carbocycles. The van der Waals surface area contributed by atoms with E-state index in [2.05, 4.69) is 5.32 Å². The van der Waals surface area contributed by atoms with Gasteiger partial charge in [0.1, 0.15) is 11.4 Å². The Labute approximate surface area is 116 Å². The Bertz CT molecular complexity index is 532. The SMILES string of the molecule is COc1ccc(NC2CCC(=O)N(C)C2)c([N+](=O)[O-])c1. The van der Waals surface area contributed by atoms with Crippen LogP contribution in [0.4, 0.5) is 11.4 Å². The van der Waals surface area contributed by atoms with E-state index in [0.29, 0.717) is 30.8 Å². The highest BCUT2D eigenvalue weighted by Crippen LogP contribution is 2.30. The predicted molar refractivity (Wildman–Crippen MR) is 73.9 cm³/mol. The van der Waals surface area contributed by atoms with Gasteiger partial charge in [-0.1, -0.05) is 0 Å². The zero-order valence-corrected chi connectivity index (χ0v) is 11.5. The largest absolute Gasteiger partial charge is 0.496 e. The number of nitrogens with zero attached hydrogens (tertiary/aromatic N) is 2. The molecule has 0 radical (unpaired) electrons. The van der Waals surface area contributed by atoms with Gasteiger partial charge in [0.25, 0.3) is 5.69 Å². The van der Waals surface area contributed by atoms with Crippen molar-refractivity contribution in [3.05, 3.63) is 28.3 Å². The molecule has 1 amide bonds. The van der Waals surface area contributed by atoms with Crippen molar-refractivity contribution < 1.29 is 14.5 Å². The minimum absolute atomic E-state index is 0.0183. The highest BCUT2D eigenvalue weighted by Gasteiger charge is 2.25. The van der Waals surface area contributed by atoms with Gasteiger partial charge in [0.15, 0.2) is 0 Å². The van der Waals surface area contributed by atoms with Crippen molar-refractivity contribution in [2.45, 2.75) is 18.9 Å². The maximum Gasteiger partial charge on any atom is 0.296 e. The molecule has 1 aliphatic heterocycles. The highest BCUT2D eigenvalue weighted by atomic mass is 16.6. The van der Waals surface area contributed by atoms with E-state index < -0.39 is 4.92 Å². The number of ether oxygens (including phenoxy) is 1. The van der Waals surface area contributed by atoms with Crippen LogP contribution < -0.4 is 10.1 Å². The fourth-order valence-corrected chi connectivity index (χ4v) is 2.26. The molecule has 1 aromatic rings. The standard InChI is InChI=1S/C13H17N3O4/c1-15-8-9(3-6-13(15)17)14-11-5-4-10(20-2)7-12(11)16(18)19/h4-5,7,9,14H,3,6,8H2,1-2H3. The van der Waals surface area contributed by atoms with E-state index in [1.165, 1.54) is 13.2 Å². The molecule has 20 heavy (non-hydrogen) atoms. The summed E-state index contributed by atoms with van der Waals surface area (Å²) in [4.78, 5) is 23.7. The number of piperidine rings is 1. The Morgan fingerprint density at radius 2 is 2.25 bits per heavy atom. The number of benzene rings is 1. The number of nitrogens with one attached hydrogen (secondary N) is 1. The third-order valence-electron chi connectivity index (χ3n) is 3.39. The second-order valence-corrected chi connectivity index (χ2v) is 4.79. The summed E-state index contributed by atoms with van der Waals surface area (Å²) in [6.07, 6.45) is 1.13. The summed E-state index contributed by atoms with van der Waals surface area (Å²) in [7, 11) is 3.20. The Balaban J connectivity index is 2.16. The van der Waals surface area contributed by atoms with Crippen molar-refractivity contribution in [2.75, 3.05) is 26.0 Å². The highest BCUT2D eigenvalue weighted by molar-refractivity contribution is 5.77. The van der Waals surface area contributed by atoms with E-state index >= 15 is 0 Å². The molecule has 0 aromatic heterocycles. The number of methoxy groups -OCH3 is 1. The minimum atomic E-state index is -0.442. The van der Waals surface area contributed by atoms with Gasteiger partial charge in [0, 0.05) is 26.1 Å². The second-order valence-electron chi connectivity index (χ2n) is 4.79. The van der Waals surface area contributed by atoms with Crippen molar-refractivity contribution in [3.63, 3.8) is 0 Å². The van der Waals surface area contributed by atoms with Crippen LogP contribution in [0.2, 0.25) is 0 Å². The topological polar surface area (TPSA) is 84.7 Å². The van der Waals surface area contributed by atoms with Crippen LogP contribution in [0.1, 0.15) is 12.8 Å². The lowest BCUT2D eigenvalue weighted by molar-refractivity contribution is -0.384. The molecule has 108 valence electrons. The second kappa shape index (κ2) is 5.77. The number of likely N-dealkylation sites (N-methyl/N-ethyl adjacent to an activating group) is 1. The zero-order valence-electron chi connectivity index (χ0n) is 11.5. The summed E-state index contributed by atoms with van der Waals surface area (Å²) < 4.78 is 5.00. The Kier molecular flexibility index (Phi) is 4.07. The van der Waals surface area contributed by atoms with Crippen LogP contribution in [0.5, 0.6) is 5.75 Å². The zero-order chi connectivity index (χ0) is 14.7. The van der Waals surface area contributed by atoms with Gasteiger partial charge in [-0.15, -0.1) is 0 Å². The lowest BCUT2D eigenvalue weighted by Crippen LogP contribution is -2.43. The van der Waals surface area contributed by atoms with Crippen LogP contribution >= 0.6 is 0 Å². The Morgan fingerprint density at radius 1 is 1.50 bits per heavy atom. The molecule has 1 fully saturated rings. The summed E-state index contributed by atoms with van der Waals surface area (Å²) in [5.74, 6) is 0.547. The monoisotopic (exact) mass is 279 g/mol. The maximum absolute atomic E-state index is 11.4. The molecule has 1 saturated heterocycles. The lowest BCUT2D eigenvalue weighted by atomic mass is 10.1. The first-order valence-electron chi connectivity index (χ1n) is 6.34. The quantitative estimate of drug-likeness (QED) is 0.669. The fraction of sp³-hybridized carbons (Fsp3) is 0.462. The van der Waals surface area contributed by atoms with E-state index in [4.69, 9.17) is 4.74 Å². The number of nitro benzene ring substituents is 1. The van der Waals surface area contributed by atoms with Gasteiger partial charge in [-0.2, -0.15) is 0 Å². The molecule has 1 aliphatic rings. The van der Waals surface area contributed by atoms with Gasteiger partial charge in [0.2, 0.25) is 5.91 Å². The fourth-order valence-electron chi connectivity index (χ4n) is 2.26. The van der Waals surface area contributed by atoms with Gasteiger partial charge in [-0.3, -0.25) is 14.9 Å². The van der Waals surface area contributed by atoms with Gasteiger partial charge in [-0.05, 0) is 18.6 Å². The van der Waals surface area contributed by atoms with Crippen LogP contribution in [-0.4, -0.2) is 42.5 Å². The average Bonchev–Trinajstić information content (AvgIpc) is 2.43. The molecule has 1 heterocycles. The predicted octanol–water partition coefficient (Wildman–Crippen LogP) is 1.64. The maximum atomic E-state index is 11.4. The Morgan fingerprint density at radius 3 is 2.85 bits per heavy atom. The van der Waals surface area contributed by atoms with E-state index in [9.17, 15) is 14.9 Å². The van der Waals surface area contributed by atoms with E-state index in [1.54, 1.807) is 24.1 Å². The van der Waals surface area contributed by atoms with Crippen LogP contribution in [0.15, 0.2) is 18.2 Å². The first kappa shape index (κ1) is 14.1. The number of amides is 1. The molecular formula is C13H17N3O4. The Hall–Kier alpha value is -2.31. The minimum Gasteiger partial charge on any atom is -0.496 e. The van der Waals surface area contributed by atoms with Gasteiger partial charge in [0.05, 0.1) is 18.1 Å². The molecule has 1 atom stereocenters. The summed E-state index contributed by atoms with van der Waals surface area (Å²) in [5, 5.41) is 14.2. The van der Waals surface area contributed by atoms with Crippen LogP contribution in [0.3, 0.4) is 0 Å². The number of anilines is 1. The molecular weight excluding hydrogens is 262 g/mol. The summed E-state index contributed by atoms with van der Waals surface area (Å²) in [6, 6.07) is 4.71. The number of carbonyl (C=O) groups excluding carboxylic acids is 1. The lowest BCUT2D eigenvalue weighted by Gasteiger charge is -2.30. The third kappa shape index (κ3) is 2.98. The van der Waals surface area contributed by atoms with Crippen LogP contribution in [-0.2, 0) is 4.79 Å². The van der Waals surface area contributed by atoms with Gasteiger partial charge in [-0.25, -0.2) is 0 Å². The van der Waals surface area contributed by atoms with Crippen molar-refractivity contribution in [1.82, 2.24) is 4.90 Å². The number of hydrogen-bond acceptors (Lipinski definition) is 5. The van der Waals surface area contributed by atoms with Crippen molar-refractivity contribution >= 4 is 17.3 Å². The molecule has 7 heteroatoms. The van der Waals surface area contributed by atoms with Crippen LogP contribution in [0, 0.1) is 10.1 Å². The molecule has 7 nitrogen and oxygen atoms in total. The molecule has 2 rings (SSSR count). The van der Waals surface area contributed by atoms with Crippen molar-refractivity contribution in [3.8, 4) is 5.75 Å². The van der Waals surface area contributed by atoms with Gasteiger partial charge < -0.3 is 15.0 Å². The smallest absolute Gasteiger partial charge is 0.296 e. The van der Waals surface area contributed by atoms with Gasteiger partial charge >= 0.3 is 0 Å². The molecule has 0 spiro atoms. The molecule has 1 unspecified atom stereocenters. The number of hydrogen-bond donors (Lipinski definition) is 1. The average molecular weight is 279 g/mol. The number of rotatable bonds is 4. The summed E-state index contributed by atoms with van der Waals surface area (Å²) in [6.45, 7) is 0.544. The number of carbonyl (C=O) groups is 1. The molecule has 0 saturated carbocycles. The first-order chi connectivity index (χ1) is 9.51. The third-order valence-corrected chi connectivity index (χ3v) is 3.39. The molecule has 0 bridgehead atoms. The first-order valence-corrected chi connectivity index (χ1v) is 6.34. The van der Waals surface area contributed by atoms with E-state index in [1.807, 2.05) is 0 Å². The normalized spacial score (nSPS) is 18.8. The molecule has 1 N–H and O–H groups in total. The molecule has 1 aromatic carbocycles. The van der Waals surface area contributed by atoms with Crippen LogP contribution in [0.25, 0.3) is 0 Å². The van der Waals surface area contributed by atoms with Crippen molar-refractivity contribution in [1.29, 1.82) is 0 Å².